The molecule has 1 fully saturated rings. The monoisotopic (exact) mass is 825 g/mol. The third kappa shape index (κ3) is 26.1. The third-order valence-electron chi connectivity index (χ3n) is 10.7. The number of hydrogen-bond donors (Lipinski definition) is 6. The highest BCUT2D eigenvalue weighted by Gasteiger charge is 2.51. The molecule has 0 amide bonds. The van der Waals surface area contributed by atoms with Crippen LogP contribution >= 0.6 is 7.82 Å². The second-order valence-corrected chi connectivity index (χ2v) is 17.3. The molecule has 56 heavy (non-hydrogen) atoms. The summed E-state index contributed by atoms with van der Waals surface area (Å²) in [5.41, 5.74) is 0. The fourth-order valence-electron chi connectivity index (χ4n) is 7.05. The lowest BCUT2D eigenvalue weighted by Crippen LogP contribution is -2.64. The van der Waals surface area contributed by atoms with Gasteiger partial charge in [-0.05, 0) is 12.8 Å². The second kappa shape index (κ2) is 33.7. The highest BCUT2D eigenvalue weighted by atomic mass is 31.2. The van der Waals surface area contributed by atoms with E-state index in [0.29, 0.717) is 12.8 Å². The summed E-state index contributed by atoms with van der Waals surface area (Å²) in [6.07, 6.45) is 19.0. The summed E-state index contributed by atoms with van der Waals surface area (Å²) >= 11 is 0. The van der Waals surface area contributed by atoms with Gasteiger partial charge in [0, 0.05) is 12.8 Å². The first kappa shape index (κ1) is 52.9. The number of rotatable bonds is 37. The Bertz CT molecular complexity index is 1000. The number of esters is 2. The van der Waals surface area contributed by atoms with Crippen LogP contribution in [0.5, 0.6) is 0 Å². The van der Waals surface area contributed by atoms with Gasteiger partial charge in [0.25, 0.3) is 0 Å². The maximum atomic E-state index is 12.8. The van der Waals surface area contributed by atoms with Gasteiger partial charge in [0.15, 0.2) is 6.10 Å². The van der Waals surface area contributed by atoms with Gasteiger partial charge in [-0.2, -0.15) is 0 Å². The smallest absolute Gasteiger partial charge is 0.462 e. The molecule has 0 aromatic rings. The molecular weight excluding hydrogens is 743 g/mol. The van der Waals surface area contributed by atoms with Crippen molar-refractivity contribution in [2.45, 2.75) is 243 Å². The van der Waals surface area contributed by atoms with Gasteiger partial charge in [0.1, 0.15) is 43.2 Å². The molecule has 14 heteroatoms. The van der Waals surface area contributed by atoms with Crippen molar-refractivity contribution in [1.29, 1.82) is 0 Å². The summed E-state index contributed by atoms with van der Waals surface area (Å²) in [7, 11) is -5.10. The van der Waals surface area contributed by atoms with E-state index in [-0.39, 0.29) is 12.8 Å². The largest absolute Gasteiger partial charge is 0.472 e. The molecular formula is C42H81O13P. The standard InChI is InChI=1S/C42H81O13P/c1-3-5-7-9-11-13-14-15-16-17-18-19-20-21-23-24-26-28-30-35(43)52-32-34(54-36(44)31-29-27-25-22-12-10-8-6-4-2)33-53-56(50,51)55-42-40(48)38(46)37(45)39(47)41(42)49/h34,37-42,45-49H,3-33H2,1-2H3,(H,50,51)/t34-,37?,38-,39?,40?,41?,42?/m1/s1. The topological polar surface area (TPSA) is 210 Å². The van der Waals surface area contributed by atoms with E-state index in [9.17, 15) is 44.6 Å². The van der Waals surface area contributed by atoms with Crippen LogP contribution in [0.1, 0.15) is 200 Å². The number of hydrogen-bond acceptors (Lipinski definition) is 12. The Morgan fingerprint density at radius 2 is 0.804 bits per heavy atom. The Labute approximate surface area is 338 Å². The Morgan fingerprint density at radius 1 is 0.482 bits per heavy atom. The molecule has 0 heterocycles. The van der Waals surface area contributed by atoms with Crippen LogP contribution in [-0.4, -0.2) is 98.3 Å². The van der Waals surface area contributed by atoms with E-state index >= 15 is 0 Å². The van der Waals surface area contributed by atoms with E-state index in [4.69, 9.17) is 18.5 Å². The highest BCUT2D eigenvalue weighted by molar-refractivity contribution is 7.47. The summed E-state index contributed by atoms with van der Waals surface area (Å²) in [6.45, 7) is 3.28. The van der Waals surface area contributed by atoms with Crippen LogP contribution in [0.4, 0.5) is 0 Å². The lowest BCUT2D eigenvalue weighted by Gasteiger charge is -2.41. The van der Waals surface area contributed by atoms with Crippen molar-refractivity contribution in [3.05, 3.63) is 0 Å². The van der Waals surface area contributed by atoms with Gasteiger partial charge in [-0.15, -0.1) is 0 Å². The van der Waals surface area contributed by atoms with E-state index in [1.165, 1.54) is 116 Å². The van der Waals surface area contributed by atoms with E-state index in [0.717, 1.165) is 44.9 Å². The minimum absolute atomic E-state index is 0.103. The fraction of sp³-hybridized carbons (Fsp3) is 0.952. The quantitative estimate of drug-likeness (QED) is 0.0199. The van der Waals surface area contributed by atoms with E-state index in [2.05, 4.69) is 13.8 Å². The van der Waals surface area contributed by atoms with Crippen LogP contribution in [0.3, 0.4) is 0 Å². The summed E-state index contributed by atoms with van der Waals surface area (Å²) < 4.78 is 33.4. The Morgan fingerprint density at radius 3 is 1.18 bits per heavy atom. The first-order valence-corrected chi connectivity index (χ1v) is 23.8. The lowest BCUT2D eigenvalue weighted by molar-refractivity contribution is -0.220. The van der Waals surface area contributed by atoms with Crippen molar-refractivity contribution in [3.8, 4) is 0 Å². The number of phosphoric ester groups is 1. The maximum Gasteiger partial charge on any atom is 0.472 e. The highest BCUT2D eigenvalue weighted by Crippen LogP contribution is 2.47. The second-order valence-electron chi connectivity index (χ2n) is 15.9. The average Bonchev–Trinajstić information content (AvgIpc) is 3.18. The van der Waals surface area contributed by atoms with Crippen molar-refractivity contribution in [2.24, 2.45) is 0 Å². The molecule has 6 N–H and O–H groups in total. The van der Waals surface area contributed by atoms with Crippen molar-refractivity contribution < 1.29 is 63.1 Å². The molecule has 6 unspecified atom stereocenters. The number of ether oxygens (including phenoxy) is 2. The summed E-state index contributed by atoms with van der Waals surface area (Å²) in [5.74, 6) is -1.09. The van der Waals surface area contributed by atoms with Crippen molar-refractivity contribution in [3.63, 3.8) is 0 Å². The number of aliphatic hydroxyl groups is 5. The minimum atomic E-state index is -5.10. The number of carbonyl (C=O) groups excluding carboxylic acids is 2. The van der Waals surface area contributed by atoms with E-state index in [1.807, 2.05) is 0 Å². The molecule has 332 valence electrons. The molecule has 1 aliphatic rings. The molecule has 0 bridgehead atoms. The zero-order valence-corrected chi connectivity index (χ0v) is 35.8. The van der Waals surface area contributed by atoms with Crippen LogP contribution < -0.4 is 0 Å². The molecule has 13 nitrogen and oxygen atoms in total. The van der Waals surface area contributed by atoms with Gasteiger partial charge in [-0.3, -0.25) is 18.6 Å². The van der Waals surface area contributed by atoms with Crippen LogP contribution in [0.25, 0.3) is 0 Å². The summed E-state index contributed by atoms with van der Waals surface area (Å²) in [4.78, 5) is 35.5. The van der Waals surface area contributed by atoms with Gasteiger partial charge >= 0.3 is 19.8 Å². The van der Waals surface area contributed by atoms with Gasteiger partial charge < -0.3 is 39.9 Å². The zero-order chi connectivity index (χ0) is 41.4. The molecule has 0 aromatic heterocycles. The van der Waals surface area contributed by atoms with Crippen molar-refractivity contribution in [2.75, 3.05) is 13.2 Å². The number of carbonyl (C=O) groups is 2. The number of phosphoric acid groups is 1. The average molecular weight is 825 g/mol. The van der Waals surface area contributed by atoms with Crippen LogP contribution in [0.2, 0.25) is 0 Å². The normalized spacial score (nSPS) is 22.8. The summed E-state index contributed by atoms with van der Waals surface area (Å²) in [5, 5.41) is 50.0. The molecule has 0 saturated heterocycles. The minimum Gasteiger partial charge on any atom is -0.462 e. The molecule has 0 spiro atoms. The predicted molar refractivity (Wildman–Crippen MR) is 217 cm³/mol. The van der Waals surface area contributed by atoms with Gasteiger partial charge in [-0.25, -0.2) is 4.57 Å². The molecule has 0 aromatic carbocycles. The zero-order valence-electron chi connectivity index (χ0n) is 34.9. The van der Waals surface area contributed by atoms with Gasteiger partial charge in [-0.1, -0.05) is 174 Å². The molecule has 1 saturated carbocycles. The van der Waals surface area contributed by atoms with Crippen molar-refractivity contribution >= 4 is 19.8 Å². The van der Waals surface area contributed by atoms with Gasteiger partial charge in [0.2, 0.25) is 0 Å². The molecule has 8 atom stereocenters. The lowest BCUT2D eigenvalue weighted by atomic mass is 9.85. The number of aliphatic hydroxyl groups excluding tert-OH is 5. The van der Waals surface area contributed by atoms with Crippen LogP contribution in [-0.2, 0) is 32.7 Å². The Balaban J connectivity index is 2.40. The van der Waals surface area contributed by atoms with Crippen LogP contribution in [0.15, 0.2) is 0 Å². The molecule has 1 rings (SSSR count). The van der Waals surface area contributed by atoms with Crippen molar-refractivity contribution in [1.82, 2.24) is 0 Å². The third-order valence-corrected chi connectivity index (χ3v) is 11.7. The Hall–Kier alpha value is -1.15. The maximum absolute atomic E-state index is 12.8. The predicted octanol–water partition coefficient (Wildman–Crippen LogP) is 8.11. The van der Waals surface area contributed by atoms with E-state index < -0.39 is 75.7 Å². The Kier molecular flexibility index (Phi) is 31.8. The first-order valence-electron chi connectivity index (χ1n) is 22.3. The molecule has 1 aliphatic carbocycles. The summed E-state index contributed by atoms with van der Waals surface area (Å²) in [6, 6.07) is 0. The van der Waals surface area contributed by atoms with Crippen LogP contribution in [0, 0.1) is 0 Å². The van der Waals surface area contributed by atoms with E-state index in [1.54, 1.807) is 0 Å². The fourth-order valence-corrected chi connectivity index (χ4v) is 8.03. The first-order chi connectivity index (χ1) is 26.9. The van der Waals surface area contributed by atoms with Gasteiger partial charge in [0.05, 0.1) is 6.61 Å². The molecule has 0 radical (unpaired) electrons. The number of unbranched alkanes of at least 4 members (excludes halogenated alkanes) is 25. The molecule has 0 aliphatic heterocycles. The SMILES string of the molecule is CCCCCCCCCCCCCCCCCCCCC(=O)OC[C@H](COP(=O)(O)OC1C(O)C(O)C(O)[C@@H](O)C1O)OC(=O)CCCCCCCCCCC.